The second kappa shape index (κ2) is 5.86. The second-order valence-electron chi connectivity index (χ2n) is 5.14. The first-order valence-corrected chi connectivity index (χ1v) is 6.59. The number of carbonyl (C=O) groups is 2. The number of fused-ring (bicyclic) bond motifs is 1. The lowest BCUT2D eigenvalue weighted by molar-refractivity contribution is -0.128. The topological polar surface area (TPSA) is 98.4 Å². The molecule has 0 saturated carbocycles. The standard InChI is InChI=1S/C13H17N5O3/c1-8(2)12(9(3)19)15-11(20)7-18-13(21)17-5-4-14-6-10(17)16-18/h4-6,8,12H,7H2,1-3H3,(H,15,20). The zero-order valence-corrected chi connectivity index (χ0v) is 12.1. The summed E-state index contributed by atoms with van der Waals surface area (Å²) in [5, 5.41) is 6.63. The van der Waals surface area contributed by atoms with Gasteiger partial charge in [0.1, 0.15) is 6.54 Å². The summed E-state index contributed by atoms with van der Waals surface area (Å²) in [4.78, 5) is 39.3. The Hall–Kier alpha value is -2.51. The molecular formula is C13H17N5O3. The van der Waals surface area contributed by atoms with Crippen molar-refractivity contribution in [1.82, 2.24) is 24.5 Å². The number of carbonyl (C=O) groups excluding carboxylic acids is 2. The minimum atomic E-state index is -0.563. The Morgan fingerprint density at radius 3 is 2.67 bits per heavy atom. The number of rotatable bonds is 5. The molecule has 0 saturated heterocycles. The summed E-state index contributed by atoms with van der Waals surface area (Å²) in [6.07, 6.45) is 4.37. The molecule has 0 aliphatic rings. The van der Waals surface area contributed by atoms with E-state index in [1.165, 1.54) is 29.9 Å². The van der Waals surface area contributed by atoms with Crippen molar-refractivity contribution in [3.05, 3.63) is 29.1 Å². The van der Waals surface area contributed by atoms with Gasteiger partial charge in [0, 0.05) is 12.4 Å². The molecule has 1 unspecified atom stereocenters. The molecule has 0 aliphatic heterocycles. The van der Waals surface area contributed by atoms with Gasteiger partial charge in [-0.25, -0.2) is 13.9 Å². The molecule has 0 aromatic carbocycles. The molecule has 0 radical (unpaired) electrons. The third-order valence-corrected chi connectivity index (χ3v) is 3.10. The molecule has 2 aromatic rings. The maximum Gasteiger partial charge on any atom is 0.350 e. The maximum absolute atomic E-state index is 12.0. The molecule has 112 valence electrons. The quantitative estimate of drug-likeness (QED) is 0.809. The van der Waals surface area contributed by atoms with Crippen molar-refractivity contribution in [2.24, 2.45) is 5.92 Å². The predicted octanol–water partition coefficient (Wildman–Crippen LogP) is -0.379. The molecule has 2 heterocycles. The number of hydrogen-bond donors (Lipinski definition) is 1. The van der Waals surface area contributed by atoms with Gasteiger partial charge in [0.05, 0.1) is 12.2 Å². The first-order chi connectivity index (χ1) is 9.90. The molecule has 1 N–H and O–H groups in total. The molecule has 0 aliphatic carbocycles. The Labute approximate surface area is 120 Å². The SMILES string of the molecule is CC(=O)C(NC(=O)Cn1nc2cnccn2c1=O)C(C)C. The van der Waals surface area contributed by atoms with Crippen molar-refractivity contribution in [2.75, 3.05) is 0 Å². The minimum Gasteiger partial charge on any atom is -0.344 e. The van der Waals surface area contributed by atoms with E-state index in [4.69, 9.17) is 0 Å². The third kappa shape index (κ3) is 3.15. The van der Waals surface area contributed by atoms with Gasteiger partial charge in [-0.2, -0.15) is 0 Å². The van der Waals surface area contributed by atoms with Crippen molar-refractivity contribution < 1.29 is 9.59 Å². The molecule has 1 amide bonds. The molecular weight excluding hydrogens is 274 g/mol. The monoisotopic (exact) mass is 291 g/mol. The zero-order chi connectivity index (χ0) is 15.6. The van der Waals surface area contributed by atoms with Crippen LogP contribution < -0.4 is 11.0 Å². The molecule has 21 heavy (non-hydrogen) atoms. The number of Topliss-reactive ketones (excluding diaryl/α,β-unsaturated/α-hetero) is 1. The van der Waals surface area contributed by atoms with Crippen LogP contribution in [0.2, 0.25) is 0 Å². The highest BCUT2D eigenvalue weighted by Crippen LogP contribution is 2.02. The van der Waals surface area contributed by atoms with Crippen molar-refractivity contribution >= 4 is 17.3 Å². The van der Waals surface area contributed by atoms with E-state index in [0.29, 0.717) is 5.65 Å². The van der Waals surface area contributed by atoms with Gasteiger partial charge < -0.3 is 5.32 Å². The van der Waals surface area contributed by atoms with Gasteiger partial charge in [-0.15, -0.1) is 5.10 Å². The van der Waals surface area contributed by atoms with Crippen LogP contribution in [-0.4, -0.2) is 36.9 Å². The van der Waals surface area contributed by atoms with Crippen LogP contribution in [0.4, 0.5) is 0 Å². The first-order valence-electron chi connectivity index (χ1n) is 6.59. The zero-order valence-electron chi connectivity index (χ0n) is 12.1. The van der Waals surface area contributed by atoms with Crippen LogP contribution in [0.25, 0.3) is 5.65 Å². The number of hydrogen-bond acceptors (Lipinski definition) is 5. The highest BCUT2D eigenvalue weighted by molar-refractivity contribution is 5.87. The van der Waals surface area contributed by atoms with E-state index in [0.717, 1.165) is 4.68 Å². The minimum absolute atomic E-state index is 0.0200. The van der Waals surface area contributed by atoms with Crippen molar-refractivity contribution in [3.63, 3.8) is 0 Å². The van der Waals surface area contributed by atoms with E-state index in [1.807, 2.05) is 13.8 Å². The van der Waals surface area contributed by atoms with E-state index < -0.39 is 17.6 Å². The molecule has 2 aromatic heterocycles. The number of nitrogens with zero attached hydrogens (tertiary/aromatic N) is 4. The van der Waals surface area contributed by atoms with Crippen LogP contribution in [0.5, 0.6) is 0 Å². The highest BCUT2D eigenvalue weighted by Gasteiger charge is 2.21. The third-order valence-electron chi connectivity index (χ3n) is 3.10. The normalized spacial score (nSPS) is 12.6. The fraction of sp³-hybridized carbons (Fsp3) is 0.462. The molecule has 8 heteroatoms. The average molecular weight is 291 g/mol. The van der Waals surface area contributed by atoms with Gasteiger partial charge in [0.15, 0.2) is 11.4 Å². The molecule has 0 fully saturated rings. The summed E-state index contributed by atoms with van der Waals surface area (Å²) in [6.45, 7) is 4.87. The number of ketones is 1. The Morgan fingerprint density at radius 1 is 1.38 bits per heavy atom. The number of aromatic nitrogens is 4. The number of amides is 1. The van der Waals surface area contributed by atoms with Gasteiger partial charge in [-0.1, -0.05) is 13.8 Å². The summed E-state index contributed by atoms with van der Waals surface area (Å²) in [7, 11) is 0. The molecule has 0 spiro atoms. The number of nitrogens with one attached hydrogen (secondary N) is 1. The van der Waals surface area contributed by atoms with E-state index in [9.17, 15) is 14.4 Å². The lowest BCUT2D eigenvalue weighted by Gasteiger charge is -2.19. The van der Waals surface area contributed by atoms with Crippen molar-refractivity contribution in [1.29, 1.82) is 0 Å². The molecule has 8 nitrogen and oxygen atoms in total. The molecule has 2 rings (SSSR count). The van der Waals surface area contributed by atoms with Gasteiger partial charge in [-0.05, 0) is 12.8 Å². The lowest BCUT2D eigenvalue weighted by Crippen LogP contribution is -2.45. The van der Waals surface area contributed by atoms with Crippen molar-refractivity contribution in [3.8, 4) is 0 Å². The Morgan fingerprint density at radius 2 is 2.10 bits per heavy atom. The predicted molar refractivity (Wildman–Crippen MR) is 74.7 cm³/mol. The highest BCUT2D eigenvalue weighted by atomic mass is 16.2. The van der Waals surface area contributed by atoms with Gasteiger partial charge in [0.25, 0.3) is 0 Å². The van der Waals surface area contributed by atoms with Crippen LogP contribution in [0.15, 0.2) is 23.4 Å². The second-order valence-corrected chi connectivity index (χ2v) is 5.14. The summed E-state index contributed by atoms with van der Waals surface area (Å²) in [6, 6.07) is -0.563. The Kier molecular flexibility index (Phi) is 4.15. The average Bonchev–Trinajstić information content (AvgIpc) is 2.73. The summed E-state index contributed by atoms with van der Waals surface area (Å²) in [5.41, 5.74) is -0.0613. The largest absolute Gasteiger partial charge is 0.350 e. The fourth-order valence-corrected chi connectivity index (χ4v) is 2.08. The van der Waals surface area contributed by atoms with Crippen LogP contribution >= 0.6 is 0 Å². The van der Waals surface area contributed by atoms with Crippen LogP contribution in [-0.2, 0) is 16.1 Å². The van der Waals surface area contributed by atoms with E-state index in [-0.39, 0.29) is 18.2 Å². The fourth-order valence-electron chi connectivity index (χ4n) is 2.08. The maximum atomic E-state index is 12.0. The van der Waals surface area contributed by atoms with E-state index in [1.54, 1.807) is 0 Å². The first kappa shape index (κ1) is 14.9. The lowest BCUT2D eigenvalue weighted by atomic mass is 10.0. The van der Waals surface area contributed by atoms with E-state index >= 15 is 0 Å². The Balaban J connectivity index is 2.16. The van der Waals surface area contributed by atoms with Crippen LogP contribution in [0, 0.1) is 5.92 Å². The van der Waals surface area contributed by atoms with Crippen LogP contribution in [0.3, 0.4) is 0 Å². The summed E-state index contributed by atoms with van der Waals surface area (Å²) in [5.74, 6) is -0.569. The molecule has 0 bridgehead atoms. The summed E-state index contributed by atoms with van der Waals surface area (Å²) >= 11 is 0. The smallest absolute Gasteiger partial charge is 0.344 e. The summed E-state index contributed by atoms with van der Waals surface area (Å²) < 4.78 is 2.34. The van der Waals surface area contributed by atoms with E-state index in [2.05, 4.69) is 15.4 Å². The van der Waals surface area contributed by atoms with Gasteiger partial charge >= 0.3 is 5.69 Å². The Bertz CT molecular complexity index is 731. The molecule has 1 atom stereocenters. The van der Waals surface area contributed by atoms with Gasteiger partial charge in [0.2, 0.25) is 5.91 Å². The van der Waals surface area contributed by atoms with Crippen LogP contribution in [0.1, 0.15) is 20.8 Å². The van der Waals surface area contributed by atoms with Crippen molar-refractivity contribution in [2.45, 2.75) is 33.4 Å². The van der Waals surface area contributed by atoms with Gasteiger partial charge in [-0.3, -0.25) is 14.6 Å².